The highest BCUT2D eigenvalue weighted by Crippen LogP contribution is 2.21. The molecule has 0 radical (unpaired) electrons. The summed E-state index contributed by atoms with van der Waals surface area (Å²) in [5.41, 5.74) is 3.05. The van der Waals surface area contributed by atoms with Crippen molar-refractivity contribution in [1.29, 1.82) is 0 Å². The molecule has 0 heterocycles. The Hall–Kier alpha value is -0.560. The van der Waals surface area contributed by atoms with E-state index in [4.69, 9.17) is 4.74 Å². The van der Waals surface area contributed by atoms with Crippen LogP contribution in [0.15, 0.2) is 24.3 Å². The lowest BCUT2D eigenvalue weighted by Crippen LogP contribution is -1.97. The predicted octanol–water partition coefficient (Wildman–Crippen LogP) is 26.3. The van der Waals surface area contributed by atoms with E-state index < -0.39 is 0 Å². The number of rotatable bonds is 66. The maximum absolute atomic E-state index is 5.97. The second-order valence-corrected chi connectivity index (χ2v) is 23.9. The second-order valence-electron chi connectivity index (χ2n) is 23.9. The van der Waals surface area contributed by atoms with Crippen molar-refractivity contribution >= 4 is 0 Å². The van der Waals surface area contributed by atoms with E-state index in [9.17, 15) is 0 Å². The molecule has 71 heavy (non-hydrogen) atoms. The predicted molar refractivity (Wildman–Crippen MR) is 327 cm³/mol. The van der Waals surface area contributed by atoms with E-state index in [0.29, 0.717) is 0 Å². The molecule has 0 aliphatic carbocycles. The summed E-state index contributed by atoms with van der Waals surface area (Å²) < 4.78 is 5.97. The largest absolute Gasteiger partial charge is 0.381 e. The van der Waals surface area contributed by atoms with Crippen molar-refractivity contribution < 1.29 is 4.74 Å². The van der Waals surface area contributed by atoms with Crippen LogP contribution in [0.4, 0.5) is 0 Å². The summed E-state index contributed by atoms with van der Waals surface area (Å²) in [6.07, 6.45) is 88.4. The molecule has 0 aromatic heterocycles. The molecule has 0 atom stereocenters. The third kappa shape index (κ3) is 65.5. The van der Waals surface area contributed by atoms with E-state index in [2.05, 4.69) is 27.0 Å². The smallest absolute Gasteiger partial charge is 0.0466 e. The molecule has 0 aromatic carbocycles. The molecule has 0 spiro atoms. The minimum atomic E-state index is 0.991. The van der Waals surface area contributed by atoms with Crippen LogP contribution >= 0.6 is 0 Å². The monoisotopic (exact) mass is 995 g/mol. The van der Waals surface area contributed by atoms with Gasteiger partial charge in [0.2, 0.25) is 0 Å². The lowest BCUT2D eigenvalue weighted by atomic mass is 10.00. The van der Waals surface area contributed by atoms with Gasteiger partial charge in [-0.05, 0) is 64.2 Å². The molecule has 1 heteroatoms. The van der Waals surface area contributed by atoms with Crippen molar-refractivity contribution in [3.05, 3.63) is 24.3 Å². The summed E-state index contributed by atoms with van der Waals surface area (Å²) >= 11 is 0. The zero-order chi connectivity index (χ0) is 51.1. The Balaban J connectivity index is 3.16. The second kappa shape index (κ2) is 65.6. The van der Waals surface area contributed by atoms with Crippen molar-refractivity contribution in [2.75, 3.05) is 13.2 Å². The van der Waals surface area contributed by atoms with E-state index in [1.54, 1.807) is 0 Å². The van der Waals surface area contributed by atoms with Crippen molar-refractivity contribution in [3.63, 3.8) is 0 Å². The van der Waals surface area contributed by atoms with Crippen LogP contribution in [0.3, 0.4) is 0 Å². The summed E-state index contributed by atoms with van der Waals surface area (Å²) in [5, 5.41) is 0. The molecule has 1 nitrogen and oxygen atoms in total. The molecular weight excluding hydrogens is 857 g/mol. The normalized spacial score (nSPS) is 11.6. The maximum atomic E-state index is 5.97. The van der Waals surface area contributed by atoms with Gasteiger partial charge < -0.3 is 4.74 Å². The third-order valence-corrected chi connectivity index (χ3v) is 16.4. The Morgan fingerprint density at radius 1 is 0.183 bits per heavy atom. The number of ether oxygens (including phenoxy) is 1. The summed E-state index contributed by atoms with van der Waals surface area (Å²) in [7, 11) is 0. The fourth-order valence-corrected chi connectivity index (χ4v) is 11.2. The highest BCUT2D eigenvalue weighted by atomic mass is 16.5. The van der Waals surface area contributed by atoms with Crippen LogP contribution in [0, 0.1) is 0 Å². The Labute approximate surface area is 452 Å². The van der Waals surface area contributed by atoms with Crippen molar-refractivity contribution in [3.8, 4) is 0 Å². The van der Waals surface area contributed by atoms with Gasteiger partial charge in [-0.25, -0.2) is 0 Å². The molecule has 0 bridgehead atoms. The molecule has 0 saturated heterocycles. The first-order valence-electron chi connectivity index (χ1n) is 34.1. The zero-order valence-corrected chi connectivity index (χ0v) is 50.1. The minimum Gasteiger partial charge on any atom is -0.381 e. The quantitative estimate of drug-likeness (QED) is 0.0436. The van der Waals surface area contributed by atoms with Crippen LogP contribution in [0.2, 0.25) is 0 Å². The molecule has 0 saturated carbocycles. The third-order valence-electron chi connectivity index (χ3n) is 16.4. The first-order chi connectivity index (χ1) is 35.2. The van der Waals surface area contributed by atoms with Gasteiger partial charge in [0, 0.05) is 13.2 Å². The number of hydrogen-bond donors (Lipinski definition) is 0. The molecule has 0 rings (SSSR count). The number of hydrogen-bond acceptors (Lipinski definition) is 1. The topological polar surface area (TPSA) is 9.23 Å². The van der Waals surface area contributed by atoms with E-state index in [-0.39, 0.29) is 0 Å². The first-order valence-corrected chi connectivity index (χ1v) is 34.1. The van der Waals surface area contributed by atoms with Crippen molar-refractivity contribution in [2.45, 2.75) is 412 Å². The summed E-state index contributed by atoms with van der Waals surface area (Å²) in [6.45, 7) is 15.4. The van der Waals surface area contributed by atoms with Gasteiger partial charge >= 0.3 is 0 Å². The van der Waals surface area contributed by atoms with Gasteiger partial charge in [0.25, 0.3) is 0 Å². The Bertz CT molecular complexity index is 889. The maximum Gasteiger partial charge on any atom is 0.0466 e. The van der Waals surface area contributed by atoms with Crippen LogP contribution in [0.5, 0.6) is 0 Å². The molecule has 0 aromatic rings. The molecular formula is C70H138O. The fourth-order valence-electron chi connectivity index (χ4n) is 11.2. The highest BCUT2D eigenvalue weighted by Gasteiger charge is 2.02. The lowest BCUT2D eigenvalue weighted by Gasteiger charge is -2.07. The van der Waals surface area contributed by atoms with Crippen LogP contribution in [-0.4, -0.2) is 13.2 Å². The lowest BCUT2D eigenvalue weighted by molar-refractivity contribution is 0.125. The molecule has 0 N–H and O–H groups in total. The summed E-state index contributed by atoms with van der Waals surface area (Å²) in [4.78, 5) is 0. The SMILES string of the molecule is C=C(CCCCCCCCCCCCCCCC)CCCCCCCCCCCCCCCCCOCCCCCCCCCCCCCCCCCC(=C)CCCCCCCCCCCCCCCC. The van der Waals surface area contributed by atoms with Gasteiger partial charge in [-0.15, -0.1) is 0 Å². The van der Waals surface area contributed by atoms with E-state index in [0.717, 1.165) is 13.2 Å². The molecule has 424 valence electrons. The zero-order valence-electron chi connectivity index (χ0n) is 50.1. The van der Waals surface area contributed by atoms with Crippen molar-refractivity contribution in [1.82, 2.24) is 0 Å². The summed E-state index contributed by atoms with van der Waals surface area (Å²) in [5.74, 6) is 0. The van der Waals surface area contributed by atoms with E-state index in [1.807, 2.05) is 0 Å². The van der Waals surface area contributed by atoms with Gasteiger partial charge in [0.1, 0.15) is 0 Å². The van der Waals surface area contributed by atoms with Crippen molar-refractivity contribution in [2.24, 2.45) is 0 Å². The van der Waals surface area contributed by atoms with E-state index >= 15 is 0 Å². The fraction of sp³-hybridized carbons (Fsp3) is 0.943. The summed E-state index contributed by atoms with van der Waals surface area (Å²) in [6, 6.07) is 0. The Kier molecular flexibility index (Phi) is 65.0. The minimum absolute atomic E-state index is 0.991. The van der Waals surface area contributed by atoms with Gasteiger partial charge in [-0.1, -0.05) is 372 Å². The molecule has 0 amide bonds. The van der Waals surface area contributed by atoms with Crippen LogP contribution in [0.25, 0.3) is 0 Å². The van der Waals surface area contributed by atoms with Crippen LogP contribution in [-0.2, 0) is 4.74 Å². The average Bonchev–Trinajstić information content (AvgIpc) is 3.37. The Morgan fingerprint density at radius 3 is 0.465 bits per heavy atom. The molecule has 0 unspecified atom stereocenters. The van der Waals surface area contributed by atoms with Crippen LogP contribution < -0.4 is 0 Å². The average molecular weight is 996 g/mol. The van der Waals surface area contributed by atoms with E-state index in [1.165, 1.54) is 409 Å². The Morgan fingerprint density at radius 2 is 0.310 bits per heavy atom. The van der Waals surface area contributed by atoms with Gasteiger partial charge in [-0.3, -0.25) is 0 Å². The first kappa shape index (κ1) is 70.4. The van der Waals surface area contributed by atoms with Crippen LogP contribution in [0.1, 0.15) is 412 Å². The standard InChI is InChI=1S/C70H138O/c1-5-7-9-11-13-15-17-19-27-33-39-45-51-57-63-69(3)65-59-53-47-41-35-29-23-21-25-31-37-43-49-55-61-67-71-68-62-56-50-44-38-32-26-22-24-30-36-42-48-54-60-66-70(4)64-58-52-46-40-34-28-20-18-16-14-12-10-8-6-2/h3-68H2,1-2H3. The molecule has 0 aliphatic heterocycles. The van der Waals surface area contributed by atoms with Gasteiger partial charge in [-0.2, -0.15) is 0 Å². The van der Waals surface area contributed by atoms with Gasteiger partial charge in [0.15, 0.2) is 0 Å². The number of unbranched alkanes of at least 4 members (excludes halogenated alkanes) is 54. The number of allylic oxidation sites excluding steroid dienone is 2. The van der Waals surface area contributed by atoms with Gasteiger partial charge in [0.05, 0.1) is 0 Å². The molecule has 0 fully saturated rings. The highest BCUT2D eigenvalue weighted by molar-refractivity contribution is 4.94. The molecule has 0 aliphatic rings.